The first-order valence-electron chi connectivity index (χ1n) is 22.7. The van der Waals surface area contributed by atoms with E-state index in [1.165, 1.54) is 18.2 Å². The Balaban J connectivity index is 0.000000262. The first-order valence-corrected chi connectivity index (χ1v) is 24.8. The van der Waals surface area contributed by atoms with Crippen LogP contribution in [0.3, 0.4) is 0 Å². The van der Waals surface area contributed by atoms with Gasteiger partial charge >= 0.3 is 11.9 Å². The highest BCUT2D eigenvalue weighted by Gasteiger charge is 2.33. The molecule has 2 N–H and O–H groups in total. The minimum absolute atomic E-state index is 0.0111. The Morgan fingerprint density at radius 3 is 2.22 bits per heavy atom. The van der Waals surface area contributed by atoms with Crippen molar-refractivity contribution in [3.63, 3.8) is 0 Å². The van der Waals surface area contributed by atoms with E-state index in [4.69, 9.17) is 77.0 Å². The number of amides is 2. The second-order valence-electron chi connectivity index (χ2n) is 15.9. The molecule has 398 valence electrons. The third-order valence-electron chi connectivity index (χ3n) is 9.92. The summed E-state index contributed by atoms with van der Waals surface area (Å²) in [7, 11) is 1.64. The number of aryl methyl sites for hydroxylation is 2. The number of nitrogens with one attached hydrogen (secondary N) is 2. The Labute approximate surface area is 447 Å². The Hall–Kier alpha value is -5.57. The predicted molar refractivity (Wildman–Crippen MR) is 283 cm³/mol. The molecule has 4 aromatic carbocycles. The average Bonchev–Trinajstić information content (AvgIpc) is 3.32. The number of aromatic nitrogens is 3. The molecule has 0 fully saturated rings. The smallest absolute Gasteiger partial charge is 0.416 e. The number of halogens is 8. The minimum atomic E-state index is -4.52. The topological polar surface area (TPSA) is 183 Å². The van der Waals surface area contributed by atoms with Crippen LogP contribution in [0.25, 0.3) is 0 Å². The molecule has 2 atom stereocenters. The molecule has 0 spiro atoms. The molecule has 1 aliphatic rings. The maximum atomic E-state index is 12.6. The minimum Gasteiger partial charge on any atom is -0.489 e. The second kappa shape index (κ2) is 30.0. The van der Waals surface area contributed by atoms with E-state index in [-0.39, 0.29) is 75.7 Å². The molecule has 16 nitrogen and oxygen atoms in total. The van der Waals surface area contributed by atoms with Crippen LogP contribution in [-0.4, -0.2) is 94.0 Å². The van der Waals surface area contributed by atoms with Crippen LogP contribution < -0.4 is 34.6 Å². The number of hydrogen-bond acceptors (Lipinski definition) is 13. The van der Waals surface area contributed by atoms with Gasteiger partial charge in [0.05, 0.1) is 52.2 Å². The third kappa shape index (κ3) is 18.7. The number of methoxy groups -OCH3 is 1. The number of nitro benzene ring substituents is 1. The summed E-state index contributed by atoms with van der Waals surface area (Å²) in [4.78, 5) is 48.7. The number of carbonyl (C=O) groups excluding carboxylic acids is 2. The van der Waals surface area contributed by atoms with Gasteiger partial charge in [-0.15, -0.1) is 11.6 Å². The first-order chi connectivity index (χ1) is 34.5. The number of anilines is 4. The van der Waals surface area contributed by atoms with Gasteiger partial charge in [0.15, 0.2) is 4.84 Å². The molecule has 73 heavy (non-hydrogen) atoms. The van der Waals surface area contributed by atoms with Gasteiger partial charge in [-0.25, -0.2) is 0 Å². The van der Waals surface area contributed by atoms with E-state index in [0.29, 0.717) is 30.9 Å². The Morgan fingerprint density at radius 2 is 1.64 bits per heavy atom. The molecule has 2 amide bonds. The second-order valence-corrected chi connectivity index (χ2v) is 18.0. The van der Waals surface area contributed by atoms with Gasteiger partial charge in [-0.3, -0.25) is 19.7 Å². The Kier molecular flexibility index (Phi) is 25.3. The number of para-hydroxylation sites is 3. The van der Waals surface area contributed by atoms with E-state index in [9.17, 15) is 32.9 Å². The fourth-order valence-electron chi connectivity index (χ4n) is 6.84. The summed E-state index contributed by atoms with van der Waals surface area (Å²) in [6, 6.07) is 20.0. The predicted octanol–water partition coefficient (Wildman–Crippen LogP) is 13.0. The van der Waals surface area contributed by atoms with E-state index < -0.39 is 21.5 Å². The van der Waals surface area contributed by atoms with E-state index in [1.54, 1.807) is 23.8 Å². The molecular weight excluding hydrogens is 1060 g/mol. The standard InChI is InChI=1S/C15H11ClF3NO4.C15H22ClNO2.C11H11Cl2NO2.C8H14ClN5/c1-2-23-14-8-10(4-5-12(14)20(21)22)24-13-6-3-9(7-11(13)16)15(17,18)19;1-5-13-8-6-7-11(2)15(13)17(14(18)9-16)12(3)10-19-4;1-7-6-16-9-5-3-2-4-8(9)14(7)11(15)10(12)13;1-4-10-7-12-6(9)13-8(14-7)11-5(2)3/h3-8H,2H2,1H3;6-8,12H,5,9-10H2,1-4H3;2-5,7,10H,6H2,1H3;5H,4H2,1-3H3,(H2,10,11,12,13,14). The molecule has 0 saturated carbocycles. The fraction of sp³-hybridized carbons (Fsp3) is 0.408. The van der Waals surface area contributed by atoms with Gasteiger partial charge in [-0.1, -0.05) is 72.1 Å². The van der Waals surface area contributed by atoms with E-state index in [1.807, 2.05) is 77.9 Å². The summed E-state index contributed by atoms with van der Waals surface area (Å²) in [5, 5.41) is 16.9. The van der Waals surface area contributed by atoms with Crippen LogP contribution >= 0.6 is 58.0 Å². The van der Waals surface area contributed by atoms with Crippen molar-refractivity contribution in [3.05, 3.63) is 116 Å². The zero-order valence-corrected chi connectivity index (χ0v) is 45.3. The van der Waals surface area contributed by atoms with Crippen molar-refractivity contribution in [1.29, 1.82) is 0 Å². The quantitative estimate of drug-likeness (QED) is 0.0541. The third-order valence-corrected chi connectivity index (χ3v) is 11.0. The summed E-state index contributed by atoms with van der Waals surface area (Å²) >= 11 is 28.5. The highest BCUT2D eigenvalue weighted by atomic mass is 35.5. The molecular formula is C49H58Cl5F3N8O8. The maximum Gasteiger partial charge on any atom is 0.416 e. The van der Waals surface area contributed by atoms with Gasteiger partial charge < -0.3 is 39.4 Å². The molecule has 0 aliphatic carbocycles. The van der Waals surface area contributed by atoms with Crippen molar-refractivity contribution in [2.45, 2.75) is 90.9 Å². The number of nitro groups is 1. The van der Waals surface area contributed by atoms with Crippen molar-refractivity contribution >= 4 is 98.8 Å². The number of benzene rings is 4. The molecule has 1 aliphatic heterocycles. The van der Waals surface area contributed by atoms with E-state index >= 15 is 0 Å². The number of nitrogens with zero attached hydrogens (tertiary/aromatic N) is 6. The van der Waals surface area contributed by atoms with Crippen molar-refractivity contribution in [1.82, 2.24) is 15.0 Å². The van der Waals surface area contributed by atoms with Crippen LogP contribution in [0.1, 0.15) is 65.2 Å². The first kappa shape index (κ1) is 61.7. The number of hydrogen-bond donors (Lipinski definition) is 2. The Bertz CT molecular complexity index is 2600. The monoisotopic (exact) mass is 1120 g/mol. The molecule has 0 radical (unpaired) electrons. The van der Waals surface area contributed by atoms with Gasteiger partial charge in [-0.2, -0.15) is 28.1 Å². The zero-order valence-electron chi connectivity index (χ0n) is 41.5. The highest BCUT2D eigenvalue weighted by molar-refractivity contribution is 6.54. The Morgan fingerprint density at radius 1 is 0.959 bits per heavy atom. The number of rotatable bonds is 16. The molecule has 1 aromatic heterocycles. The fourth-order valence-corrected chi connectivity index (χ4v) is 7.56. The lowest BCUT2D eigenvalue weighted by Crippen LogP contribution is -2.47. The van der Waals surface area contributed by atoms with Gasteiger partial charge in [0.1, 0.15) is 29.7 Å². The SMILES string of the molecule is CC1COc2ccccc2N1C(=O)C(Cl)Cl.CCNc1nc(Cl)nc(NC(C)C)n1.CCOc1cc(Oc2ccc(C(F)(F)F)cc2Cl)ccc1[N+](=O)[O-].CCc1cccc(C)c1N(C(=O)CCl)C(C)COC. The largest absolute Gasteiger partial charge is 0.489 e. The van der Waals surface area contributed by atoms with Gasteiger partial charge in [-0.05, 0) is 114 Å². The van der Waals surface area contributed by atoms with Crippen LogP contribution in [0.5, 0.6) is 23.0 Å². The number of ether oxygens (including phenoxy) is 4. The van der Waals surface area contributed by atoms with Crippen molar-refractivity contribution < 1.29 is 46.6 Å². The summed E-state index contributed by atoms with van der Waals surface area (Å²) < 4.78 is 59.1. The summed E-state index contributed by atoms with van der Waals surface area (Å²) in [5.41, 5.74) is 2.78. The van der Waals surface area contributed by atoms with Crippen LogP contribution in [0.2, 0.25) is 10.3 Å². The summed E-state index contributed by atoms with van der Waals surface area (Å²) in [6.45, 7) is 17.5. The number of fused-ring (bicyclic) bond motifs is 1. The number of alkyl halides is 6. The molecule has 2 heterocycles. The van der Waals surface area contributed by atoms with Gasteiger partial charge in [0.2, 0.25) is 28.8 Å². The lowest BCUT2D eigenvalue weighted by molar-refractivity contribution is -0.385. The lowest BCUT2D eigenvalue weighted by Gasteiger charge is -2.35. The normalized spacial score (nSPS) is 13.1. The van der Waals surface area contributed by atoms with Crippen LogP contribution in [-0.2, 0) is 26.9 Å². The van der Waals surface area contributed by atoms with Gasteiger partial charge in [0, 0.05) is 31.8 Å². The van der Waals surface area contributed by atoms with E-state index in [0.717, 1.165) is 53.7 Å². The summed E-state index contributed by atoms with van der Waals surface area (Å²) in [5.74, 6) is 1.37. The number of carbonyl (C=O) groups is 2. The highest BCUT2D eigenvalue weighted by Crippen LogP contribution is 2.39. The molecule has 0 bridgehead atoms. The van der Waals surface area contributed by atoms with Crippen LogP contribution in [0.4, 0.5) is 42.1 Å². The van der Waals surface area contributed by atoms with Crippen molar-refractivity contribution in [3.8, 4) is 23.0 Å². The van der Waals surface area contributed by atoms with Crippen molar-refractivity contribution in [2.24, 2.45) is 0 Å². The van der Waals surface area contributed by atoms with Gasteiger partial charge in [0.25, 0.3) is 5.91 Å². The lowest BCUT2D eigenvalue weighted by atomic mass is 10.0. The molecule has 5 aromatic rings. The summed E-state index contributed by atoms with van der Waals surface area (Å²) in [6.07, 6.45) is -3.64. The van der Waals surface area contributed by atoms with E-state index in [2.05, 4.69) is 38.6 Å². The average molecular weight is 1120 g/mol. The molecule has 24 heteroatoms. The van der Waals surface area contributed by atoms with Crippen LogP contribution in [0.15, 0.2) is 78.9 Å². The van der Waals surface area contributed by atoms with Crippen molar-refractivity contribution in [2.75, 3.05) is 59.8 Å². The molecule has 6 rings (SSSR count). The molecule has 0 saturated heterocycles. The maximum absolute atomic E-state index is 12.6. The zero-order chi connectivity index (χ0) is 54.6. The van der Waals surface area contributed by atoms with Crippen LogP contribution in [0, 0.1) is 17.0 Å². The molecule has 2 unspecified atom stereocenters.